The maximum atomic E-state index is 12.8. The van der Waals surface area contributed by atoms with E-state index in [1.54, 1.807) is 24.5 Å². The standard InChI is InChI=1S/C26H27N5O2/c1-17-10-12-27-20(14-17)16-22(32)18-6-5-9-21(15-18)33-23-11-13-28-25-24(23)26(31-30-25)29-19-7-3-2-4-8-19/h5-6,9-15,19H,2-4,7-8,16H2,1H3,(H2,28,29,30,31). The predicted molar refractivity (Wildman–Crippen MR) is 128 cm³/mol. The maximum absolute atomic E-state index is 12.8. The van der Waals surface area contributed by atoms with Crippen molar-refractivity contribution in [3.8, 4) is 11.5 Å². The number of Topliss-reactive ketones (excluding diaryl/α,β-unsaturated/α-hetero) is 1. The fourth-order valence-electron chi connectivity index (χ4n) is 4.37. The number of H-pyrrole nitrogens is 1. The number of carbonyl (C=O) groups excluding carboxylic acids is 1. The molecule has 0 radical (unpaired) electrons. The summed E-state index contributed by atoms with van der Waals surface area (Å²) in [7, 11) is 0. The normalized spacial score (nSPS) is 14.3. The molecule has 0 saturated heterocycles. The number of anilines is 1. The van der Waals surface area contributed by atoms with Crippen molar-refractivity contribution in [1.82, 2.24) is 20.2 Å². The monoisotopic (exact) mass is 441 g/mol. The lowest BCUT2D eigenvalue weighted by atomic mass is 9.95. The van der Waals surface area contributed by atoms with Gasteiger partial charge in [-0.3, -0.25) is 14.9 Å². The first-order valence-corrected chi connectivity index (χ1v) is 11.5. The van der Waals surface area contributed by atoms with E-state index in [-0.39, 0.29) is 12.2 Å². The summed E-state index contributed by atoms with van der Waals surface area (Å²) in [4.78, 5) is 21.5. The molecule has 0 spiro atoms. The van der Waals surface area contributed by atoms with E-state index in [2.05, 4.69) is 25.5 Å². The molecule has 1 saturated carbocycles. The second-order valence-electron chi connectivity index (χ2n) is 8.64. The van der Waals surface area contributed by atoms with Gasteiger partial charge in [-0.25, -0.2) is 4.98 Å². The number of rotatable bonds is 7. The SMILES string of the molecule is Cc1ccnc(CC(=O)c2cccc(Oc3ccnc4[nH]nc(NC5CCCCC5)c34)c2)c1. The van der Waals surface area contributed by atoms with Crippen molar-refractivity contribution in [3.05, 3.63) is 71.7 Å². The molecule has 0 amide bonds. The third-order valence-electron chi connectivity index (χ3n) is 6.07. The van der Waals surface area contributed by atoms with Gasteiger partial charge in [0.2, 0.25) is 0 Å². The summed E-state index contributed by atoms with van der Waals surface area (Å²) in [5, 5.41) is 11.8. The van der Waals surface area contributed by atoms with Crippen molar-refractivity contribution in [2.45, 2.75) is 51.5 Å². The van der Waals surface area contributed by atoms with Crippen molar-refractivity contribution in [2.24, 2.45) is 0 Å². The van der Waals surface area contributed by atoms with Crippen molar-refractivity contribution in [3.63, 3.8) is 0 Å². The number of carbonyl (C=O) groups is 1. The lowest BCUT2D eigenvalue weighted by Gasteiger charge is -2.22. The van der Waals surface area contributed by atoms with Gasteiger partial charge in [0.05, 0.1) is 6.42 Å². The fraction of sp³-hybridized carbons (Fsp3) is 0.308. The number of hydrogen-bond acceptors (Lipinski definition) is 6. The summed E-state index contributed by atoms with van der Waals surface area (Å²) in [6.45, 7) is 1.99. The molecule has 1 aromatic carbocycles. The highest BCUT2D eigenvalue weighted by atomic mass is 16.5. The largest absolute Gasteiger partial charge is 0.456 e. The van der Waals surface area contributed by atoms with Crippen LogP contribution in [0.3, 0.4) is 0 Å². The molecule has 1 fully saturated rings. The van der Waals surface area contributed by atoms with Crippen LogP contribution in [0.25, 0.3) is 11.0 Å². The highest BCUT2D eigenvalue weighted by molar-refractivity contribution is 5.98. The van der Waals surface area contributed by atoms with Crippen LogP contribution in [-0.4, -0.2) is 32.0 Å². The van der Waals surface area contributed by atoms with Crippen LogP contribution < -0.4 is 10.1 Å². The highest BCUT2D eigenvalue weighted by Crippen LogP contribution is 2.34. The minimum absolute atomic E-state index is 0.00129. The molecule has 3 heterocycles. The Morgan fingerprint density at radius 2 is 1.94 bits per heavy atom. The second-order valence-corrected chi connectivity index (χ2v) is 8.64. The van der Waals surface area contributed by atoms with Gasteiger partial charge in [-0.15, -0.1) is 0 Å². The van der Waals surface area contributed by atoms with Gasteiger partial charge >= 0.3 is 0 Å². The maximum Gasteiger partial charge on any atom is 0.168 e. The molecular formula is C26H27N5O2. The average molecular weight is 442 g/mol. The number of fused-ring (bicyclic) bond motifs is 1. The van der Waals surface area contributed by atoms with Crippen LogP contribution in [0.15, 0.2) is 54.9 Å². The lowest BCUT2D eigenvalue weighted by molar-refractivity contribution is 0.0991. The minimum Gasteiger partial charge on any atom is -0.456 e. The number of ketones is 1. The van der Waals surface area contributed by atoms with Crippen LogP contribution in [-0.2, 0) is 6.42 Å². The molecule has 5 rings (SSSR count). The van der Waals surface area contributed by atoms with E-state index in [4.69, 9.17) is 4.74 Å². The van der Waals surface area contributed by atoms with Gasteiger partial charge in [0.1, 0.15) is 16.9 Å². The van der Waals surface area contributed by atoms with Gasteiger partial charge in [-0.05, 0) is 49.6 Å². The summed E-state index contributed by atoms with van der Waals surface area (Å²) >= 11 is 0. The summed E-state index contributed by atoms with van der Waals surface area (Å²) in [5.74, 6) is 2.01. The molecule has 4 aromatic rings. The molecule has 1 aliphatic rings. The number of aromatic amines is 1. The predicted octanol–water partition coefficient (Wildman–Crippen LogP) is 5.62. The number of pyridine rings is 2. The zero-order valence-electron chi connectivity index (χ0n) is 18.7. The van der Waals surface area contributed by atoms with E-state index in [1.807, 2.05) is 37.3 Å². The van der Waals surface area contributed by atoms with E-state index in [0.717, 1.165) is 35.3 Å². The fourth-order valence-corrected chi connectivity index (χ4v) is 4.37. The second kappa shape index (κ2) is 9.40. The number of benzene rings is 1. The molecular weight excluding hydrogens is 414 g/mol. The molecule has 0 aliphatic heterocycles. The first-order valence-electron chi connectivity index (χ1n) is 11.5. The Bertz CT molecular complexity index is 1280. The van der Waals surface area contributed by atoms with E-state index in [1.165, 1.54) is 19.3 Å². The van der Waals surface area contributed by atoms with Crippen LogP contribution in [0.5, 0.6) is 11.5 Å². The molecule has 1 aliphatic carbocycles. The van der Waals surface area contributed by atoms with E-state index in [9.17, 15) is 4.79 Å². The van der Waals surface area contributed by atoms with Crippen LogP contribution in [0.1, 0.15) is 53.7 Å². The van der Waals surface area contributed by atoms with Gasteiger partial charge in [0.15, 0.2) is 17.2 Å². The lowest BCUT2D eigenvalue weighted by Crippen LogP contribution is -2.22. The molecule has 7 heteroatoms. The van der Waals surface area contributed by atoms with Crippen LogP contribution in [0.4, 0.5) is 5.82 Å². The molecule has 3 aromatic heterocycles. The molecule has 0 atom stereocenters. The Hall–Kier alpha value is -3.74. The molecule has 0 bridgehead atoms. The third-order valence-corrected chi connectivity index (χ3v) is 6.07. The highest BCUT2D eigenvalue weighted by Gasteiger charge is 2.19. The van der Waals surface area contributed by atoms with Crippen molar-refractivity contribution in [2.75, 3.05) is 5.32 Å². The Kier molecular flexibility index (Phi) is 6.02. The number of nitrogens with zero attached hydrogens (tertiary/aromatic N) is 3. The summed E-state index contributed by atoms with van der Waals surface area (Å²) in [6, 6.07) is 13.4. The molecule has 7 nitrogen and oxygen atoms in total. The number of ether oxygens (including phenoxy) is 1. The summed E-state index contributed by atoms with van der Waals surface area (Å²) in [6.07, 6.45) is 9.73. The van der Waals surface area contributed by atoms with Crippen LogP contribution >= 0.6 is 0 Å². The number of hydrogen-bond donors (Lipinski definition) is 2. The van der Waals surface area contributed by atoms with Gasteiger partial charge in [0, 0.05) is 35.8 Å². The molecule has 2 N–H and O–H groups in total. The molecule has 0 unspecified atom stereocenters. The van der Waals surface area contributed by atoms with Gasteiger partial charge < -0.3 is 10.1 Å². The first-order chi connectivity index (χ1) is 16.2. The van der Waals surface area contributed by atoms with Crippen molar-refractivity contribution < 1.29 is 9.53 Å². The number of aryl methyl sites for hydroxylation is 1. The average Bonchev–Trinajstić information content (AvgIpc) is 3.24. The molecule has 168 valence electrons. The van der Waals surface area contributed by atoms with Crippen molar-refractivity contribution >= 4 is 22.6 Å². The zero-order chi connectivity index (χ0) is 22.6. The quantitative estimate of drug-likeness (QED) is 0.361. The molecule has 33 heavy (non-hydrogen) atoms. The van der Waals surface area contributed by atoms with E-state index < -0.39 is 0 Å². The Labute approximate surface area is 192 Å². The van der Waals surface area contributed by atoms with E-state index >= 15 is 0 Å². The number of aromatic nitrogens is 4. The van der Waals surface area contributed by atoms with Crippen LogP contribution in [0.2, 0.25) is 0 Å². The minimum atomic E-state index is 0.00129. The van der Waals surface area contributed by atoms with Gasteiger partial charge in [-0.1, -0.05) is 31.4 Å². The van der Waals surface area contributed by atoms with Crippen molar-refractivity contribution in [1.29, 1.82) is 0 Å². The summed E-state index contributed by atoms with van der Waals surface area (Å²) < 4.78 is 6.23. The Balaban J connectivity index is 1.37. The van der Waals surface area contributed by atoms with Gasteiger partial charge in [-0.2, -0.15) is 5.10 Å². The Morgan fingerprint density at radius 3 is 2.79 bits per heavy atom. The van der Waals surface area contributed by atoms with E-state index in [0.29, 0.717) is 28.8 Å². The first kappa shape index (κ1) is 21.1. The topological polar surface area (TPSA) is 92.8 Å². The zero-order valence-corrected chi connectivity index (χ0v) is 18.7. The number of nitrogens with one attached hydrogen (secondary N) is 2. The smallest absolute Gasteiger partial charge is 0.168 e. The van der Waals surface area contributed by atoms with Crippen LogP contribution in [0, 0.1) is 6.92 Å². The van der Waals surface area contributed by atoms with Gasteiger partial charge in [0.25, 0.3) is 0 Å². The third kappa shape index (κ3) is 4.87. The Morgan fingerprint density at radius 1 is 1.09 bits per heavy atom. The summed E-state index contributed by atoms with van der Waals surface area (Å²) in [5.41, 5.74) is 3.11.